The van der Waals surface area contributed by atoms with E-state index in [2.05, 4.69) is 18.7 Å². The molecule has 13 heavy (non-hydrogen) atoms. The average molecular weight is 200 g/mol. The van der Waals surface area contributed by atoms with E-state index in [-0.39, 0.29) is 0 Å². The van der Waals surface area contributed by atoms with Crippen LogP contribution in [0.4, 0.5) is 0 Å². The van der Waals surface area contributed by atoms with Crippen molar-refractivity contribution in [2.24, 2.45) is 0 Å². The van der Waals surface area contributed by atoms with Crippen LogP contribution in [-0.4, -0.2) is 11.0 Å². The highest BCUT2D eigenvalue weighted by molar-refractivity contribution is 7.99. The summed E-state index contributed by atoms with van der Waals surface area (Å²) < 4.78 is 0. The molecule has 0 N–H and O–H groups in total. The topological polar surface area (TPSA) is 0 Å². The van der Waals surface area contributed by atoms with Gasteiger partial charge in [-0.3, -0.25) is 0 Å². The van der Waals surface area contributed by atoms with Gasteiger partial charge >= 0.3 is 0 Å². The van der Waals surface area contributed by atoms with Gasteiger partial charge in [0.05, 0.1) is 0 Å². The number of unbranched alkanes of at least 4 members (excludes halogenated alkanes) is 1. The van der Waals surface area contributed by atoms with Crippen molar-refractivity contribution < 1.29 is 0 Å². The molecule has 0 nitrogen and oxygen atoms in total. The van der Waals surface area contributed by atoms with Crippen LogP contribution >= 0.6 is 11.8 Å². The first kappa shape index (κ1) is 11.4. The van der Waals surface area contributed by atoms with Crippen molar-refractivity contribution >= 4 is 11.8 Å². The Morgan fingerprint density at radius 3 is 2.23 bits per heavy atom. The van der Waals surface area contributed by atoms with Crippen LogP contribution < -0.4 is 0 Å². The molecule has 1 aliphatic carbocycles. The fourth-order valence-electron chi connectivity index (χ4n) is 1.98. The summed E-state index contributed by atoms with van der Waals surface area (Å²) in [6.07, 6.45) is 13.2. The lowest BCUT2D eigenvalue weighted by atomic mass is 10.0. The Morgan fingerprint density at radius 2 is 1.62 bits per heavy atom. The largest absolute Gasteiger partial charge is 0.159 e. The zero-order chi connectivity index (χ0) is 9.36. The van der Waals surface area contributed by atoms with Gasteiger partial charge in [0, 0.05) is 5.25 Å². The van der Waals surface area contributed by atoms with Crippen LogP contribution in [0.2, 0.25) is 0 Å². The smallest absolute Gasteiger partial charge is 0.00470 e. The van der Waals surface area contributed by atoms with Crippen LogP contribution in [0.15, 0.2) is 0 Å². The van der Waals surface area contributed by atoms with E-state index >= 15 is 0 Å². The third kappa shape index (κ3) is 5.61. The minimum Gasteiger partial charge on any atom is -0.159 e. The molecule has 0 aromatic carbocycles. The quantitative estimate of drug-likeness (QED) is 0.596. The van der Waals surface area contributed by atoms with Crippen molar-refractivity contribution in [1.82, 2.24) is 0 Å². The number of rotatable bonds is 4. The van der Waals surface area contributed by atoms with Gasteiger partial charge in [-0.15, -0.1) is 0 Å². The molecule has 0 atom stereocenters. The second-order valence-corrected chi connectivity index (χ2v) is 5.60. The Kier molecular flexibility index (Phi) is 6.79. The fourth-order valence-corrected chi connectivity index (χ4v) is 3.44. The van der Waals surface area contributed by atoms with Gasteiger partial charge in [-0.1, -0.05) is 45.4 Å². The Labute approximate surface area is 87.9 Å². The lowest BCUT2D eigenvalue weighted by Crippen LogP contribution is -2.06. The second-order valence-electron chi connectivity index (χ2n) is 4.19. The number of hydrogen-bond acceptors (Lipinski definition) is 1. The van der Waals surface area contributed by atoms with Gasteiger partial charge < -0.3 is 0 Å². The lowest BCUT2D eigenvalue weighted by Gasteiger charge is -2.18. The van der Waals surface area contributed by atoms with Gasteiger partial charge in [0.25, 0.3) is 0 Å². The molecule has 78 valence electrons. The molecular formula is C12H24S. The van der Waals surface area contributed by atoms with Crippen molar-refractivity contribution in [1.29, 1.82) is 0 Å². The highest BCUT2D eigenvalue weighted by atomic mass is 32.2. The van der Waals surface area contributed by atoms with E-state index in [4.69, 9.17) is 0 Å². The van der Waals surface area contributed by atoms with E-state index in [1.54, 1.807) is 0 Å². The molecule has 1 saturated carbocycles. The monoisotopic (exact) mass is 200 g/mol. The van der Waals surface area contributed by atoms with Gasteiger partial charge in [0.2, 0.25) is 0 Å². The van der Waals surface area contributed by atoms with Gasteiger partial charge in [-0.25, -0.2) is 0 Å². The molecule has 1 rings (SSSR count). The molecule has 0 saturated heterocycles. The predicted molar refractivity (Wildman–Crippen MR) is 63.5 cm³/mol. The maximum absolute atomic E-state index is 2.29. The third-order valence-electron chi connectivity index (χ3n) is 2.90. The highest BCUT2D eigenvalue weighted by Gasteiger charge is 2.10. The Balaban J connectivity index is 2.06. The molecule has 0 radical (unpaired) electrons. The highest BCUT2D eigenvalue weighted by Crippen LogP contribution is 2.27. The zero-order valence-corrected chi connectivity index (χ0v) is 9.87. The van der Waals surface area contributed by atoms with E-state index in [0.29, 0.717) is 0 Å². The standard InChI is InChI=1S/C12H24S/c1-2-3-11-13-12-9-7-5-4-6-8-10-12/h12H,2-11H2,1H3. The molecule has 0 bridgehead atoms. The summed E-state index contributed by atoms with van der Waals surface area (Å²) in [7, 11) is 0. The summed E-state index contributed by atoms with van der Waals surface area (Å²) in [6, 6.07) is 0. The molecule has 0 heterocycles. The van der Waals surface area contributed by atoms with Crippen LogP contribution in [0.25, 0.3) is 0 Å². The molecule has 1 heteroatoms. The van der Waals surface area contributed by atoms with Gasteiger partial charge in [0.1, 0.15) is 0 Å². The Hall–Kier alpha value is 0.350. The summed E-state index contributed by atoms with van der Waals surface area (Å²) in [6.45, 7) is 2.29. The van der Waals surface area contributed by atoms with Crippen molar-refractivity contribution in [3.05, 3.63) is 0 Å². The van der Waals surface area contributed by atoms with E-state index in [9.17, 15) is 0 Å². The van der Waals surface area contributed by atoms with Gasteiger partial charge in [-0.2, -0.15) is 11.8 Å². The number of hydrogen-bond donors (Lipinski definition) is 0. The summed E-state index contributed by atoms with van der Waals surface area (Å²) in [5, 5.41) is 1.01. The van der Waals surface area contributed by atoms with E-state index in [1.807, 2.05) is 0 Å². The lowest BCUT2D eigenvalue weighted by molar-refractivity contribution is 0.513. The van der Waals surface area contributed by atoms with Crippen molar-refractivity contribution in [3.8, 4) is 0 Å². The van der Waals surface area contributed by atoms with Gasteiger partial charge in [0.15, 0.2) is 0 Å². The van der Waals surface area contributed by atoms with Crippen molar-refractivity contribution in [2.45, 2.75) is 70.0 Å². The van der Waals surface area contributed by atoms with E-state index < -0.39 is 0 Å². The van der Waals surface area contributed by atoms with Crippen molar-refractivity contribution in [3.63, 3.8) is 0 Å². The molecule has 0 amide bonds. The van der Waals surface area contributed by atoms with Crippen LogP contribution in [-0.2, 0) is 0 Å². The minimum atomic E-state index is 1.01. The van der Waals surface area contributed by atoms with Gasteiger partial charge in [-0.05, 0) is 25.0 Å². The Morgan fingerprint density at radius 1 is 1.00 bits per heavy atom. The molecule has 0 aliphatic heterocycles. The van der Waals surface area contributed by atoms with Crippen LogP contribution in [0.1, 0.15) is 64.7 Å². The van der Waals surface area contributed by atoms with Crippen LogP contribution in [0.3, 0.4) is 0 Å². The van der Waals surface area contributed by atoms with Crippen molar-refractivity contribution in [2.75, 3.05) is 5.75 Å². The maximum Gasteiger partial charge on any atom is 0.00470 e. The predicted octanol–water partition coefficient (Wildman–Crippen LogP) is 4.63. The molecule has 1 aliphatic rings. The first-order valence-electron chi connectivity index (χ1n) is 6.05. The first-order valence-corrected chi connectivity index (χ1v) is 7.10. The summed E-state index contributed by atoms with van der Waals surface area (Å²) in [5.74, 6) is 1.40. The molecule has 0 aromatic rings. The number of thioether (sulfide) groups is 1. The summed E-state index contributed by atoms with van der Waals surface area (Å²) in [4.78, 5) is 0. The van der Waals surface area contributed by atoms with Crippen LogP contribution in [0.5, 0.6) is 0 Å². The molecule has 0 unspecified atom stereocenters. The zero-order valence-electron chi connectivity index (χ0n) is 9.06. The average Bonchev–Trinajstić information content (AvgIpc) is 2.08. The SMILES string of the molecule is CCCCSC1CCCCCCC1. The minimum absolute atomic E-state index is 1.01. The van der Waals surface area contributed by atoms with Crippen LogP contribution in [0, 0.1) is 0 Å². The summed E-state index contributed by atoms with van der Waals surface area (Å²) in [5.41, 5.74) is 0. The van der Waals surface area contributed by atoms with E-state index in [1.165, 1.54) is 63.5 Å². The fraction of sp³-hybridized carbons (Fsp3) is 1.00. The molecule has 0 aromatic heterocycles. The Bertz CT molecular complexity index is 104. The van der Waals surface area contributed by atoms with E-state index in [0.717, 1.165) is 5.25 Å². The second kappa shape index (κ2) is 7.73. The third-order valence-corrected chi connectivity index (χ3v) is 4.37. The molecule has 0 spiro atoms. The maximum atomic E-state index is 2.29. The normalized spacial score (nSPS) is 21.0. The molecular weight excluding hydrogens is 176 g/mol. The first-order chi connectivity index (χ1) is 6.43. The molecule has 1 fully saturated rings. The summed E-state index contributed by atoms with van der Waals surface area (Å²) >= 11 is 2.24.